The van der Waals surface area contributed by atoms with Crippen molar-refractivity contribution in [1.82, 2.24) is 9.62 Å². The fraction of sp³-hybridized carbons (Fsp3) is 0.625. The first-order valence-electron chi connectivity index (χ1n) is 7.59. The lowest BCUT2D eigenvalue weighted by Crippen LogP contribution is -2.29. The average molecular weight is 310 g/mol. The Kier molecular flexibility index (Phi) is 5.07. The molecule has 2 atom stereocenters. The molecule has 0 spiro atoms. The first-order valence-corrected chi connectivity index (χ1v) is 9.03. The van der Waals surface area contributed by atoms with E-state index in [1.165, 1.54) is 23.6 Å². The maximum Gasteiger partial charge on any atom is 0.242 e. The van der Waals surface area contributed by atoms with Gasteiger partial charge in [0.1, 0.15) is 0 Å². The van der Waals surface area contributed by atoms with Crippen LogP contribution in [0.2, 0.25) is 0 Å². The molecule has 1 aliphatic carbocycles. The molecular formula is C16H26N2O2S. The molecule has 0 radical (unpaired) electrons. The van der Waals surface area contributed by atoms with Gasteiger partial charge in [-0.15, -0.1) is 0 Å². The first kappa shape index (κ1) is 16.5. The van der Waals surface area contributed by atoms with E-state index in [1.807, 2.05) is 12.1 Å². The van der Waals surface area contributed by atoms with E-state index in [0.717, 1.165) is 11.5 Å². The summed E-state index contributed by atoms with van der Waals surface area (Å²) in [6.07, 6.45) is 3.98. The van der Waals surface area contributed by atoms with Crippen molar-refractivity contribution in [3.8, 4) is 0 Å². The smallest absolute Gasteiger partial charge is 0.242 e. The molecule has 1 aromatic rings. The number of rotatable bonds is 7. The van der Waals surface area contributed by atoms with Crippen LogP contribution in [-0.4, -0.2) is 32.9 Å². The van der Waals surface area contributed by atoms with E-state index in [1.54, 1.807) is 26.2 Å². The van der Waals surface area contributed by atoms with Gasteiger partial charge in [0, 0.05) is 26.2 Å². The molecule has 5 heteroatoms. The quantitative estimate of drug-likeness (QED) is 0.842. The number of sulfonamides is 1. The van der Waals surface area contributed by atoms with Crippen molar-refractivity contribution in [3.05, 3.63) is 29.8 Å². The summed E-state index contributed by atoms with van der Waals surface area (Å²) in [5, 5.41) is 3.59. The molecule has 4 nitrogen and oxygen atoms in total. The molecule has 0 bridgehead atoms. The van der Waals surface area contributed by atoms with Crippen LogP contribution < -0.4 is 5.32 Å². The van der Waals surface area contributed by atoms with E-state index in [4.69, 9.17) is 0 Å². The molecule has 1 aromatic carbocycles. The zero-order chi connectivity index (χ0) is 15.6. The highest BCUT2D eigenvalue weighted by Crippen LogP contribution is 2.33. The second-order valence-corrected chi connectivity index (χ2v) is 8.48. The van der Waals surface area contributed by atoms with E-state index in [-0.39, 0.29) is 6.04 Å². The van der Waals surface area contributed by atoms with Crippen molar-refractivity contribution >= 4 is 10.0 Å². The Morgan fingerprint density at radius 3 is 2.24 bits per heavy atom. The van der Waals surface area contributed by atoms with Crippen molar-refractivity contribution in [2.75, 3.05) is 14.1 Å². The van der Waals surface area contributed by atoms with Gasteiger partial charge in [0.25, 0.3) is 0 Å². The Morgan fingerprint density at radius 1 is 1.19 bits per heavy atom. The lowest BCUT2D eigenvalue weighted by Gasteiger charge is -2.21. The van der Waals surface area contributed by atoms with Gasteiger partial charge in [0.2, 0.25) is 10.0 Å². The van der Waals surface area contributed by atoms with Crippen molar-refractivity contribution < 1.29 is 8.42 Å². The number of nitrogens with one attached hydrogen (secondary N) is 1. The van der Waals surface area contributed by atoms with Crippen molar-refractivity contribution in [3.63, 3.8) is 0 Å². The molecule has 0 aromatic heterocycles. The maximum absolute atomic E-state index is 12.0. The zero-order valence-electron chi connectivity index (χ0n) is 13.3. The highest BCUT2D eigenvalue weighted by atomic mass is 32.2. The Hall–Kier alpha value is -0.910. The van der Waals surface area contributed by atoms with E-state index in [2.05, 4.69) is 19.2 Å². The third kappa shape index (κ3) is 4.28. The molecule has 2 unspecified atom stereocenters. The molecule has 1 aliphatic rings. The molecule has 118 valence electrons. The molecule has 0 heterocycles. The summed E-state index contributed by atoms with van der Waals surface area (Å²) in [7, 11) is -0.240. The van der Waals surface area contributed by atoms with Gasteiger partial charge in [0.05, 0.1) is 4.90 Å². The Bertz CT molecular complexity index is 562. The van der Waals surface area contributed by atoms with Crippen LogP contribution in [0.25, 0.3) is 0 Å². The fourth-order valence-electron chi connectivity index (χ4n) is 2.58. The van der Waals surface area contributed by atoms with Crippen LogP contribution in [0.15, 0.2) is 29.2 Å². The fourth-order valence-corrected chi connectivity index (χ4v) is 3.49. The first-order chi connectivity index (χ1) is 9.80. The minimum absolute atomic E-state index is 0.231. The third-order valence-corrected chi connectivity index (χ3v) is 5.91. The number of benzene rings is 1. The van der Waals surface area contributed by atoms with Gasteiger partial charge >= 0.3 is 0 Å². The zero-order valence-corrected chi connectivity index (χ0v) is 14.2. The van der Waals surface area contributed by atoms with Gasteiger partial charge in [-0.2, -0.15) is 0 Å². The molecule has 1 fully saturated rings. The van der Waals surface area contributed by atoms with Gasteiger partial charge in [-0.1, -0.05) is 25.0 Å². The van der Waals surface area contributed by atoms with Crippen LogP contribution in [-0.2, 0) is 10.0 Å². The lowest BCUT2D eigenvalue weighted by atomic mass is 10.1. The number of hydrogen-bond acceptors (Lipinski definition) is 3. The normalized spacial score (nSPS) is 18.7. The van der Waals surface area contributed by atoms with Crippen LogP contribution >= 0.6 is 0 Å². The van der Waals surface area contributed by atoms with Gasteiger partial charge in [0.15, 0.2) is 0 Å². The van der Waals surface area contributed by atoms with E-state index in [0.29, 0.717) is 10.9 Å². The Labute approximate surface area is 128 Å². The van der Waals surface area contributed by atoms with Crippen molar-refractivity contribution in [1.29, 1.82) is 0 Å². The summed E-state index contributed by atoms with van der Waals surface area (Å²) >= 11 is 0. The second kappa shape index (κ2) is 6.46. The Balaban J connectivity index is 2.00. The minimum atomic E-state index is -3.34. The molecule has 0 saturated heterocycles. The molecule has 21 heavy (non-hydrogen) atoms. The largest absolute Gasteiger partial charge is 0.308 e. The van der Waals surface area contributed by atoms with Crippen molar-refractivity contribution in [2.24, 2.45) is 5.92 Å². The summed E-state index contributed by atoms with van der Waals surface area (Å²) in [6, 6.07) is 7.91. The van der Waals surface area contributed by atoms with Gasteiger partial charge in [-0.05, 0) is 43.9 Å². The maximum atomic E-state index is 12.0. The van der Waals surface area contributed by atoms with Crippen molar-refractivity contribution in [2.45, 2.75) is 50.1 Å². The van der Waals surface area contributed by atoms with Gasteiger partial charge in [-0.3, -0.25) is 0 Å². The standard InChI is InChI=1S/C16H26N2O2S/c1-12(11-14-5-6-14)17-13(2)15-7-9-16(10-8-15)21(19,20)18(3)4/h7-10,12-14,17H,5-6,11H2,1-4H3. The molecule has 0 amide bonds. The van der Waals surface area contributed by atoms with Gasteiger partial charge in [-0.25, -0.2) is 12.7 Å². The number of nitrogens with zero attached hydrogens (tertiary/aromatic N) is 1. The van der Waals surface area contributed by atoms with E-state index < -0.39 is 10.0 Å². The topological polar surface area (TPSA) is 49.4 Å². The summed E-state index contributed by atoms with van der Waals surface area (Å²) < 4.78 is 25.3. The SMILES string of the molecule is CC(CC1CC1)NC(C)c1ccc(S(=O)(=O)N(C)C)cc1. The Morgan fingerprint density at radius 2 is 1.76 bits per heavy atom. The molecule has 1 N–H and O–H groups in total. The molecule has 2 rings (SSSR count). The van der Waals surface area contributed by atoms with Crippen LogP contribution in [0.1, 0.15) is 44.7 Å². The van der Waals surface area contributed by atoms with Crippen LogP contribution in [0, 0.1) is 5.92 Å². The predicted octanol–water partition coefficient (Wildman–Crippen LogP) is 2.78. The lowest BCUT2D eigenvalue weighted by molar-refractivity contribution is 0.438. The summed E-state index contributed by atoms with van der Waals surface area (Å²) in [4.78, 5) is 0.342. The highest BCUT2D eigenvalue weighted by molar-refractivity contribution is 7.89. The van der Waals surface area contributed by atoms with Crippen LogP contribution in [0.4, 0.5) is 0 Å². The van der Waals surface area contributed by atoms with Crippen LogP contribution in [0.5, 0.6) is 0 Å². The van der Waals surface area contributed by atoms with E-state index in [9.17, 15) is 8.42 Å². The molecule has 0 aliphatic heterocycles. The monoisotopic (exact) mass is 310 g/mol. The molecular weight excluding hydrogens is 284 g/mol. The summed E-state index contributed by atoms with van der Waals surface area (Å²) in [5.41, 5.74) is 1.12. The van der Waals surface area contributed by atoms with Crippen LogP contribution in [0.3, 0.4) is 0 Å². The van der Waals surface area contributed by atoms with Gasteiger partial charge < -0.3 is 5.32 Å². The minimum Gasteiger partial charge on any atom is -0.308 e. The average Bonchev–Trinajstić information content (AvgIpc) is 3.22. The number of hydrogen-bond donors (Lipinski definition) is 1. The highest BCUT2D eigenvalue weighted by Gasteiger charge is 2.24. The summed E-state index contributed by atoms with van der Waals surface area (Å²) in [5.74, 6) is 0.910. The van der Waals surface area contributed by atoms with E-state index >= 15 is 0 Å². The second-order valence-electron chi connectivity index (χ2n) is 6.32. The summed E-state index contributed by atoms with van der Waals surface area (Å²) in [6.45, 7) is 4.35. The molecule has 1 saturated carbocycles. The third-order valence-electron chi connectivity index (χ3n) is 4.08. The predicted molar refractivity (Wildman–Crippen MR) is 85.7 cm³/mol.